The summed E-state index contributed by atoms with van der Waals surface area (Å²) in [7, 11) is -2.54. The van der Waals surface area contributed by atoms with Crippen molar-refractivity contribution in [2.45, 2.75) is 39.5 Å². The summed E-state index contributed by atoms with van der Waals surface area (Å²) in [5.74, 6) is 0.719. The Morgan fingerprint density at radius 1 is 1.12 bits per heavy atom. The summed E-state index contributed by atoms with van der Waals surface area (Å²) in [6, 6.07) is 11.6. The summed E-state index contributed by atoms with van der Waals surface area (Å²) in [6.07, 6.45) is 0. The first-order valence-corrected chi connectivity index (χ1v) is 13.0. The number of hydrogen-bond donors (Lipinski definition) is 2. The molecule has 2 N–H and O–H groups in total. The van der Waals surface area contributed by atoms with Crippen molar-refractivity contribution in [1.29, 1.82) is 0 Å². The number of amides is 1. The molecule has 0 aliphatic rings. The van der Waals surface area contributed by atoms with Gasteiger partial charge in [-0.05, 0) is 61.9 Å². The van der Waals surface area contributed by atoms with E-state index in [0.29, 0.717) is 34.4 Å². The van der Waals surface area contributed by atoms with E-state index in [4.69, 9.17) is 9.47 Å². The smallest absolute Gasteiger partial charge is 0.265 e. The number of benzene rings is 2. The minimum Gasteiger partial charge on any atom is -0.495 e. The van der Waals surface area contributed by atoms with Gasteiger partial charge in [-0.1, -0.05) is 32.1 Å². The first kappa shape index (κ1) is 25.5. The van der Waals surface area contributed by atoms with Gasteiger partial charge in [0.05, 0.1) is 24.3 Å². The van der Waals surface area contributed by atoms with Crippen molar-refractivity contribution in [2.75, 3.05) is 23.8 Å². The van der Waals surface area contributed by atoms with E-state index in [0.717, 1.165) is 4.88 Å². The van der Waals surface area contributed by atoms with Gasteiger partial charge in [0.1, 0.15) is 16.4 Å². The quantitative estimate of drug-likeness (QED) is 0.431. The van der Waals surface area contributed by atoms with Crippen LogP contribution in [0, 0.1) is 12.3 Å². The zero-order chi connectivity index (χ0) is 25.1. The Bertz CT molecular complexity index is 1280. The van der Waals surface area contributed by atoms with Crippen molar-refractivity contribution in [1.82, 2.24) is 4.98 Å². The molecule has 0 spiro atoms. The van der Waals surface area contributed by atoms with Gasteiger partial charge in [0.15, 0.2) is 5.13 Å². The Kier molecular flexibility index (Phi) is 7.52. The van der Waals surface area contributed by atoms with Gasteiger partial charge in [0.2, 0.25) is 5.91 Å². The minimum absolute atomic E-state index is 0.00513. The molecule has 0 saturated carbocycles. The van der Waals surface area contributed by atoms with E-state index in [1.807, 2.05) is 34.6 Å². The number of aryl methyl sites for hydroxylation is 1. The summed E-state index contributed by atoms with van der Waals surface area (Å²) in [4.78, 5) is 17.5. The molecule has 3 aromatic rings. The van der Waals surface area contributed by atoms with Crippen LogP contribution in [0.15, 0.2) is 47.4 Å². The van der Waals surface area contributed by atoms with Crippen LogP contribution in [0.4, 0.5) is 10.8 Å². The molecule has 0 bridgehead atoms. The molecule has 1 amide bonds. The highest BCUT2D eigenvalue weighted by Crippen LogP contribution is 2.37. The molecule has 2 aromatic carbocycles. The number of nitrogens with one attached hydrogen (secondary N) is 2. The minimum atomic E-state index is -3.96. The average Bonchev–Trinajstić information content (AvgIpc) is 3.14. The van der Waals surface area contributed by atoms with Crippen LogP contribution in [-0.2, 0) is 14.8 Å². The van der Waals surface area contributed by atoms with Crippen LogP contribution in [0.25, 0.3) is 10.4 Å². The predicted octanol–water partition coefficient (Wildman–Crippen LogP) is 5.31. The number of carbonyl (C=O) groups excluding carboxylic acids is 1. The molecule has 10 heteroatoms. The molecule has 182 valence electrons. The molecule has 34 heavy (non-hydrogen) atoms. The van der Waals surface area contributed by atoms with Gasteiger partial charge in [-0.3, -0.25) is 9.52 Å². The van der Waals surface area contributed by atoms with E-state index in [1.165, 1.54) is 18.4 Å². The third-order valence-corrected chi connectivity index (χ3v) is 7.36. The molecule has 0 atom stereocenters. The summed E-state index contributed by atoms with van der Waals surface area (Å²) >= 11 is 1.29. The average molecular weight is 504 g/mol. The first-order chi connectivity index (χ1) is 15.9. The lowest BCUT2D eigenvalue weighted by atomic mass is 9.96. The number of carbonyl (C=O) groups is 1. The summed E-state index contributed by atoms with van der Waals surface area (Å²) < 4.78 is 39.8. The maximum atomic E-state index is 13.2. The van der Waals surface area contributed by atoms with Crippen LogP contribution < -0.4 is 19.5 Å². The molecule has 8 nitrogen and oxygen atoms in total. The van der Waals surface area contributed by atoms with Gasteiger partial charge in [0, 0.05) is 11.1 Å². The normalized spacial score (nSPS) is 11.7. The molecule has 0 radical (unpaired) electrons. The van der Waals surface area contributed by atoms with Crippen molar-refractivity contribution in [2.24, 2.45) is 5.41 Å². The number of thiazole rings is 1. The molecule has 1 aromatic heterocycles. The standard InChI is InChI=1S/C24H29N3O5S2/c1-7-32-18-11-9-17(10-12-18)27-34(29,30)20-14-16(8-13-19(20)31-6)21-15(2)25-23(33-21)26-22(28)24(3,4)5/h8-14,27H,7H2,1-6H3,(H,25,26,28). The van der Waals surface area contributed by atoms with Crippen LogP contribution in [0.2, 0.25) is 0 Å². The van der Waals surface area contributed by atoms with Gasteiger partial charge in [0.25, 0.3) is 10.0 Å². The maximum absolute atomic E-state index is 13.2. The molecule has 0 fully saturated rings. The number of sulfonamides is 1. The maximum Gasteiger partial charge on any atom is 0.265 e. The third kappa shape index (κ3) is 5.87. The second-order valence-electron chi connectivity index (χ2n) is 8.57. The number of ether oxygens (including phenoxy) is 2. The largest absolute Gasteiger partial charge is 0.495 e. The van der Waals surface area contributed by atoms with Gasteiger partial charge >= 0.3 is 0 Å². The number of anilines is 2. The molecular formula is C24H29N3O5S2. The van der Waals surface area contributed by atoms with Crippen molar-refractivity contribution < 1.29 is 22.7 Å². The highest BCUT2D eigenvalue weighted by Gasteiger charge is 2.24. The SMILES string of the molecule is CCOc1ccc(NS(=O)(=O)c2cc(-c3sc(NC(=O)C(C)(C)C)nc3C)ccc2OC)cc1. The molecule has 0 aliphatic carbocycles. The Hall–Kier alpha value is -3.11. The number of aromatic nitrogens is 1. The molecule has 0 aliphatic heterocycles. The van der Waals surface area contributed by atoms with Gasteiger partial charge in [-0.25, -0.2) is 13.4 Å². The van der Waals surface area contributed by atoms with E-state index in [-0.39, 0.29) is 16.6 Å². The fourth-order valence-electron chi connectivity index (χ4n) is 3.03. The Morgan fingerprint density at radius 2 is 1.79 bits per heavy atom. The van der Waals surface area contributed by atoms with Crippen LogP contribution in [0.5, 0.6) is 11.5 Å². The van der Waals surface area contributed by atoms with Crippen LogP contribution in [0.1, 0.15) is 33.4 Å². The molecule has 1 heterocycles. The Labute approximate surface area is 204 Å². The van der Waals surface area contributed by atoms with E-state index in [2.05, 4.69) is 15.0 Å². The van der Waals surface area contributed by atoms with Gasteiger partial charge in [-0.2, -0.15) is 0 Å². The lowest BCUT2D eigenvalue weighted by Crippen LogP contribution is -2.27. The molecule has 0 unspecified atom stereocenters. The van der Waals surface area contributed by atoms with Gasteiger partial charge in [-0.15, -0.1) is 0 Å². The Balaban J connectivity index is 1.93. The van der Waals surface area contributed by atoms with E-state index in [1.54, 1.807) is 42.5 Å². The van der Waals surface area contributed by atoms with Crippen LogP contribution in [-0.4, -0.2) is 33.0 Å². The van der Waals surface area contributed by atoms with E-state index < -0.39 is 15.4 Å². The second-order valence-corrected chi connectivity index (χ2v) is 11.2. The van der Waals surface area contributed by atoms with Crippen LogP contribution in [0.3, 0.4) is 0 Å². The predicted molar refractivity (Wildman–Crippen MR) is 135 cm³/mol. The number of hydrogen-bond acceptors (Lipinski definition) is 7. The highest BCUT2D eigenvalue weighted by molar-refractivity contribution is 7.92. The first-order valence-electron chi connectivity index (χ1n) is 10.7. The Morgan fingerprint density at radius 3 is 2.38 bits per heavy atom. The lowest BCUT2D eigenvalue weighted by molar-refractivity contribution is -0.123. The highest BCUT2D eigenvalue weighted by atomic mass is 32.2. The zero-order valence-corrected chi connectivity index (χ0v) is 21.7. The number of nitrogens with zero attached hydrogens (tertiary/aromatic N) is 1. The lowest BCUT2D eigenvalue weighted by Gasteiger charge is -2.15. The topological polar surface area (TPSA) is 107 Å². The van der Waals surface area contributed by atoms with E-state index >= 15 is 0 Å². The van der Waals surface area contributed by atoms with Crippen LogP contribution >= 0.6 is 11.3 Å². The summed E-state index contributed by atoms with van der Waals surface area (Å²) in [5, 5.41) is 3.29. The van der Waals surface area contributed by atoms with Crippen molar-refractivity contribution in [3.8, 4) is 21.9 Å². The molecular weight excluding hydrogens is 474 g/mol. The molecule has 3 rings (SSSR count). The molecule has 0 saturated heterocycles. The van der Waals surface area contributed by atoms with Crippen molar-refractivity contribution in [3.05, 3.63) is 48.2 Å². The summed E-state index contributed by atoms with van der Waals surface area (Å²) in [6.45, 7) is 9.68. The zero-order valence-electron chi connectivity index (χ0n) is 20.1. The van der Waals surface area contributed by atoms with E-state index in [9.17, 15) is 13.2 Å². The monoisotopic (exact) mass is 503 g/mol. The van der Waals surface area contributed by atoms with Crippen molar-refractivity contribution in [3.63, 3.8) is 0 Å². The summed E-state index contributed by atoms with van der Waals surface area (Å²) in [5.41, 5.74) is 1.17. The van der Waals surface area contributed by atoms with Crippen molar-refractivity contribution >= 4 is 38.1 Å². The van der Waals surface area contributed by atoms with Gasteiger partial charge < -0.3 is 14.8 Å². The number of methoxy groups -OCH3 is 1. The fraction of sp³-hybridized carbons (Fsp3) is 0.333. The second kappa shape index (κ2) is 10.0. The fourth-order valence-corrected chi connectivity index (χ4v) is 5.24. The third-order valence-electron chi connectivity index (χ3n) is 4.83. The number of rotatable bonds is 8.